The van der Waals surface area contributed by atoms with Gasteiger partial charge in [0.15, 0.2) is 0 Å². The van der Waals surface area contributed by atoms with E-state index in [9.17, 15) is 0 Å². The van der Waals surface area contributed by atoms with Gasteiger partial charge in [0, 0.05) is 17.8 Å². The third-order valence-corrected chi connectivity index (χ3v) is 2.18. The molecule has 14 heavy (non-hydrogen) atoms. The van der Waals surface area contributed by atoms with Gasteiger partial charge in [-0.2, -0.15) is 5.10 Å². The Balaban J connectivity index is 2.81. The van der Waals surface area contributed by atoms with Gasteiger partial charge in [-0.25, -0.2) is 0 Å². The molecule has 0 aliphatic carbocycles. The number of aliphatic hydroxyl groups excluding tert-OH is 1. The van der Waals surface area contributed by atoms with Gasteiger partial charge >= 0.3 is 0 Å². The van der Waals surface area contributed by atoms with Crippen LogP contribution in [0.5, 0.6) is 0 Å². The van der Waals surface area contributed by atoms with Gasteiger partial charge in [0.05, 0.1) is 12.8 Å². The van der Waals surface area contributed by atoms with Crippen molar-refractivity contribution in [2.75, 3.05) is 6.61 Å². The van der Waals surface area contributed by atoms with Crippen LogP contribution >= 0.6 is 0 Å². The predicted octanol–water partition coefficient (Wildman–Crippen LogP) is 2.25. The molecule has 1 heterocycles. The van der Waals surface area contributed by atoms with Crippen LogP contribution < -0.4 is 0 Å². The van der Waals surface area contributed by atoms with Crippen LogP contribution in [-0.2, 0) is 0 Å². The van der Waals surface area contributed by atoms with Crippen LogP contribution in [0.3, 0.4) is 0 Å². The summed E-state index contributed by atoms with van der Waals surface area (Å²) in [6.45, 7) is 6.35. The number of hydrogen-bond acceptors (Lipinski definition) is 2. The van der Waals surface area contributed by atoms with Crippen molar-refractivity contribution < 1.29 is 5.11 Å². The molecule has 1 N–H and O–H groups in total. The molecule has 0 spiro atoms. The normalized spacial score (nSPS) is 12.5. The second-order valence-corrected chi connectivity index (χ2v) is 3.66. The maximum atomic E-state index is 9.01. The second-order valence-electron chi connectivity index (χ2n) is 3.66. The first kappa shape index (κ1) is 11.0. The van der Waals surface area contributed by atoms with Crippen molar-refractivity contribution in [3.63, 3.8) is 0 Å². The highest BCUT2D eigenvalue weighted by atomic mass is 16.3. The van der Waals surface area contributed by atoms with Gasteiger partial charge in [0.1, 0.15) is 0 Å². The third-order valence-electron chi connectivity index (χ3n) is 2.18. The minimum absolute atomic E-state index is 0.128. The first-order valence-electron chi connectivity index (χ1n) is 5.01. The minimum Gasteiger partial charge on any atom is -0.392 e. The lowest BCUT2D eigenvalue weighted by Gasteiger charge is -2.02. The standard InChI is InChI=1S/C11H18N2O/c1-4-10(8-14)5-11-6-12-13(7-11)9(2)3/h5-7,9,14H,4,8H2,1-3H3. The monoisotopic (exact) mass is 194 g/mol. The molecule has 0 aliphatic heterocycles. The molecule has 0 radical (unpaired) electrons. The van der Waals surface area contributed by atoms with Gasteiger partial charge < -0.3 is 5.11 Å². The summed E-state index contributed by atoms with van der Waals surface area (Å²) in [5.74, 6) is 0. The SMILES string of the molecule is CCC(=Cc1cnn(C(C)C)c1)CO. The van der Waals surface area contributed by atoms with Gasteiger partial charge in [-0.1, -0.05) is 13.0 Å². The summed E-state index contributed by atoms with van der Waals surface area (Å²) in [5.41, 5.74) is 2.10. The van der Waals surface area contributed by atoms with Gasteiger partial charge in [-0.15, -0.1) is 0 Å². The van der Waals surface area contributed by atoms with E-state index in [1.165, 1.54) is 0 Å². The predicted molar refractivity (Wildman–Crippen MR) is 58.0 cm³/mol. The van der Waals surface area contributed by atoms with Gasteiger partial charge in [-0.05, 0) is 25.8 Å². The van der Waals surface area contributed by atoms with Crippen molar-refractivity contribution in [2.24, 2.45) is 0 Å². The van der Waals surface area contributed by atoms with E-state index >= 15 is 0 Å². The fraction of sp³-hybridized carbons (Fsp3) is 0.545. The Morgan fingerprint density at radius 1 is 1.64 bits per heavy atom. The van der Waals surface area contributed by atoms with Crippen molar-refractivity contribution in [3.05, 3.63) is 23.5 Å². The van der Waals surface area contributed by atoms with Crippen LogP contribution in [0.1, 0.15) is 38.8 Å². The summed E-state index contributed by atoms with van der Waals surface area (Å²) < 4.78 is 1.91. The fourth-order valence-corrected chi connectivity index (χ4v) is 1.20. The van der Waals surface area contributed by atoms with E-state index in [0.717, 1.165) is 17.6 Å². The zero-order chi connectivity index (χ0) is 10.6. The fourth-order valence-electron chi connectivity index (χ4n) is 1.20. The van der Waals surface area contributed by atoms with Gasteiger partial charge in [-0.3, -0.25) is 4.68 Å². The Bertz CT molecular complexity index is 307. The summed E-state index contributed by atoms with van der Waals surface area (Å²) in [6, 6.07) is 0.386. The lowest BCUT2D eigenvalue weighted by atomic mass is 10.1. The second kappa shape index (κ2) is 4.96. The molecule has 0 aromatic carbocycles. The topological polar surface area (TPSA) is 38.0 Å². The smallest absolute Gasteiger partial charge is 0.0644 e. The molecule has 0 fully saturated rings. The average Bonchev–Trinajstić information content (AvgIpc) is 2.62. The molecule has 3 nitrogen and oxygen atoms in total. The van der Waals surface area contributed by atoms with E-state index < -0.39 is 0 Å². The van der Waals surface area contributed by atoms with Crippen molar-refractivity contribution in [3.8, 4) is 0 Å². The first-order chi connectivity index (χ1) is 6.67. The highest BCUT2D eigenvalue weighted by Crippen LogP contribution is 2.10. The van der Waals surface area contributed by atoms with Gasteiger partial charge in [0.2, 0.25) is 0 Å². The molecule has 0 amide bonds. The largest absolute Gasteiger partial charge is 0.392 e. The van der Waals surface area contributed by atoms with E-state index in [1.807, 2.05) is 30.1 Å². The van der Waals surface area contributed by atoms with E-state index in [1.54, 1.807) is 0 Å². The Morgan fingerprint density at radius 3 is 2.79 bits per heavy atom. The van der Waals surface area contributed by atoms with Crippen molar-refractivity contribution in [1.82, 2.24) is 9.78 Å². The molecule has 0 saturated carbocycles. The number of aliphatic hydroxyl groups is 1. The number of rotatable bonds is 4. The zero-order valence-electron chi connectivity index (χ0n) is 9.07. The van der Waals surface area contributed by atoms with E-state index in [4.69, 9.17) is 5.11 Å². The molecule has 1 aromatic rings. The molecular formula is C11H18N2O. The summed E-state index contributed by atoms with van der Waals surface area (Å²) in [4.78, 5) is 0. The summed E-state index contributed by atoms with van der Waals surface area (Å²) >= 11 is 0. The summed E-state index contributed by atoms with van der Waals surface area (Å²) in [5, 5.41) is 13.2. The zero-order valence-corrected chi connectivity index (χ0v) is 9.07. The number of aromatic nitrogens is 2. The van der Waals surface area contributed by atoms with E-state index in [2.05, 4.69) is 18.9 Å². The van der Waals surface area contributed by atoms with Crippen LogP contribution in [-0.4, -0.2) is 21.5 Å². The molecule has 0 saturated heterocycles. The van der Waals surface area contributed by atoms with Crippen LogP contribution in [0.15, 0.2) is 18.0 Å². The molecule has 3 heteroatoms. The molecule has 0 aliphatic rings. The Hall–Kier alpha value is -1.09. The minimum atomic E-state index is 0.128. The summed E-state index contributed by atoms with van der Waals surface area (Å²) in [7, 11) is 0. The van der Waals surface area contributed by atoms with Crippen molar-refractivity contribution in [1.29, 1.82) is 0 Å². The first-order valence-corrected chi connectivity index (χ1v) is 5.01. The lowest BCUT2D eigenvalue weighted by Crippen LogP contribution is -1.99. The Kier molecular flexibility index (Phi) is 3.89. The van der Waals surface area contributed by atoms with E-state index in [-0.39, 0.29) is 6.61 Å². The molecule has 0 bridgehead atoms. The van der Waals surface area contributed by atoms with Crippen molar-refractivity contribution in [2.45, 2.75) is 33.2 Å². The van der Waals surface area contributed by atoms with Crippen LogP contribution in [0.25, 0.3) is 6.08 Å². The highest BCUT2D eigenvalue weighted by Gasteiger charge is 2.00. The quantitative estimate of drug-likeness (QED) is 0.798. The number of hydrogen-bond donors (Lipinski definition) is 1. The molecular weight excluding hydrogens is 176 g/mol. The lowest BCUT2D eigenvalue weighted by molar-refractivity contribution is 0.329. The molecule has 0 unspecified atom stereocenters. The van der Waals surface area contributed by atoms with Crippen LogP contribution in [0.2, 0.25) is 0 Å². The number of nitrogens with zero attached hydrogens (tertiary/aromatic N) is 2. The van der Waals surface area contributed by atoms with E-state index in [0.29, 0.717) is 6.04 Å². The molecule has 1 aromatic heterocycles. The molecule has 1 rings (SSSR count). The maximum absolute atomic E-state index is 9.01. The van der Waals surface area contributed by atoms with Crippen LogP contribution in [0.4, 0.5) is 0 Å². The van der Waals surface area contributed by atoms with Crippen molar-refractivity contribution >= 4 is 6.08 Å². The van der Waals surface area contributed by atoms with Crippen LogP contribution in [0, 0.1) is 0 Å². The Morgan fingerprint density at radius 2 is 2.36 bits per heavy atom. The molecule has 78 valence electrons. The highest BCUT2D eigenvalue weighted by molar-refractivity contribution is 5.50. The molecule has 0 atom stereocenters. The Labute approximate surface area is 85.1 Å². The maximum Gasteiger partial charge on any atom is 0.0644 e. The third kappa shape index (κ3) is 2.70. The average molecular weight is 194 g/mol. The van der Waals surface area contributed by atoms with Gasteiger partial charge in [0.25, 0.3) is 0 Å². The summed E-state index contributed by atoms with van der Waals surface area (Å²) in [6.07, 6.45) is 6.69.